The lowest BCUT2D eigenvalue weighted by Gasteiger charge is -2.38. The van der Waals surface area contributed by atoms with E-state index in [2.05, 4.69) is 55.9 Å². The summed E-state index contributed by atoms with van der Waals surface area (Å²) in [7, 11) is -6.13. The van der Waals surface area contributed by atoms with E-state index in [1.165, 1.54) is 0 Å². The second-order valence-corrected chi connectivity index (χ2v) is 17.6. The second-order valence-electron chi connectivity index (χ2n) is 6.01. The van der Waals surface area contributed by atoms with Crippen LogP contribution in [0.1, 0.15) is 6.42 Å². The van der Waals surface area contributed by atoms with E-state index in [1.54, 1.807) is 0 Å². The zero-order valence-corrected chi connectivity index (χ0v) is 16.3. The molecule has 0 heterocycles. The summed E-state index contributed by atoms with van der Waals surface area (Å²) >= 11 is 0. The van der Waals surface area contributed by atoms with Crippen molar-refractivity contribution in [3.63, 3.8) is 0 Å². The fraction of sp³-hybridized carbons (Fsp3) is 0.667. The third kappa shape index (κ3) is 7.83. The second kappa shape index (κ2) is 7.96. The zero-order valence-electron chi connectivity index (χ0n) is 13.3. The molecule has 0 fully saturated rings. The minimum atomic E-state index is -2.31. The highest BCUT2D eigenvalue weighted by molar-refractivity contribution is 6.91. The van der Waals surface area contributed by atoms with E-state index < -0.39 is 25.2 Å². The minimum Gasteiger partial charge on any atom is -0.433 e. The summed E-state index contributed by atoms with van der Waals surface area (Å²) < 4.78 is 12.8. The molecule has 0 saturated heterocycles. The summed E-state index contributed by atoms with van der Waals surface area (Å²) in [6.45, 7) is 18.8. The number of rotatable bonds is 10. The molecule has 0 amide bonds. The molecule has 0 aromatic rings. The van der Waals surface area contributed by atoms with Crippen LogP contribution in [-0.2, 0) is 8.23 Å². The Morgan fingerprint density at radius 3 is 1.85 bits per heavy atom. The van der Waals surface area contributed by atoms with Gasteiger partial charge in [-0.1, -0.05) is 16.5 Å². The molecular formula is C12H27N3O2Si3. The Labute approximate surface area is 125 Å². The molecule has 0 unspecified atom stereocenters. The van der Waals surface area contributed by atoms with Crippen LogP contribution in [0.25, 0.3) is 10.4 Å². The Hall–Kier alpha value is -0.639. The topological polar surface area (TPSA) is 67.2 Å². The average Bonchev–Trinajstić information content (AvgIpc) is 2.33. The molecule has 0 saturated carbocycles. The molecular weight excluding hydrogens is 302 g/mol. The predicted molar refractivity (Wildman–Crippen MR) is 92.6 cm³/mol. The first-order valence-electron chi connectivity index (χ1n) is 6.78. The van der Waals surface area contributed by atoms with E-state index in [4.69, 9.17) is 13.8 Å². The standard InChI is InChI=1S/C12H27N3O2Si3/c1-8-18(3,4)16-20(7,12-10-11-14-15-13)17-19(5,6)9-2/h8-9H,1-2,10-12H2,3-7H3. The Kier molecular flexibility index (Phi) is 7.71. The SMILES string of the molecule is C=C[Si](C)(C)O[Si](C)(CCCN=[N+]=[N-])O[Si](C)(C)C=C. The summed E-state index contributed by atoms with van der Waals surface area (Å²) in [6.07, 6.45) is 0.788. The van der Waals surface area contributed by atoms with Crippen LogP contribution in [-0.4, -0.2) is 31.7 Å². The van der Waals surface area contributed by atoms with Crippen molar-refractivity contribution in [3.05, 3.63) is 35.0 Å². The molecule has 0 radical (unpaired) electrons. The number of hydrogen-bond acceptors (Lipinski definition) is 3. The highest BCUT2D eigenvalue weighted by Crippen LogP contribution is 2.26. The van der Waals surface area contributed by atoms with Crippen LogP contribution in [0, 0.1) is 0 Å². The summed E-state index contributed by atoms with van der Waals surface area (Å²) in [6, 6.07) is 0.820. The Bertz CT molecular complexity index is 371. The summed E-state index contributed by atoms with van der Waals surface area (Å²) in [5.74, 6) is 0. The fourth-order valence-corrected chi connectivity index (χ4v) is 13.6. The molecule has 0 spiro atoms. The van der Waals surface area contributed by atoms with Gasteiger partial charge in [0.05, 0.1) is 0 Å². The van der Waals surface area contributed by atoms with E-state index in [-0.39, 0.29) is 0 Å². The predicted octanol–water partition coefficient (Wildman–Crippen LogP) is 4.65. The molecule has 20 heavy (non-hydrogen) atoms. The lowest BCUT2D eigenvalue weighted by molar-refractivity contribution is 0.386. The third-order valence-electron chi connectivity index (χ3n) is 2.89. The maximum atomic E-state index is 8.34. The van der Waals surface area contributed by atoms with E-state index in [0.717, 1.165) is 12.5 Å². The fourth-order valence-electron chi connectivity index (χ4n) is 1.83. The molecule has 0 aromatic carbocycles. The van der Waals surface area contributed by atoms with Crippen LogP contribution in [0.15, 0.2) is 29.7 Å². The van der Waals surface area contributed by atoms with Crippen molar-refractivity contribution in [2.24, 2.45) is 5.11 Å². The summed E-state index contributed by atoms with van der Waals surface area (Å²) in [4.78, 5) is 2.78. The molecule has 0 rings (SSSR count). The third-order valence-corrected chi connectivity index (χ3v) is 13.8. The van der Waals surface area contributed by atoms with Crippen molar-refractivity contribution in [2.75, 3.05) is 6.54 Å². The van der Waals surface area contributed by atoms with E-state index >= 15 is 0 Å². The molecule has 0 aliphatic heterocycles. The van der Waals surface area contributed by atoms with Crippen LogP contribution in [0.3, 0.4) is 0 Å². The van der Waals surface area contributed by atoms with Gasteiger partial charge in [-0.2, -0.15) is 0 Å². The van der Waals surface area contributed by atoms with Gasteiger partial charge in [-0.25, -0.2) is 0 Å². The van der Waals surface area contributed by atoms with Crippen molar-refractivity contribution in [1.29, 1.82) is 0 Å². The largest absolute Gasteiger partial charge is 0.433 e. The Balaban J connectivity index is 4.96. The van der Waals surface area contributed by atoms with Gasteiger partial charge in [0, 0.05) is 11.5 Å². The smallest absolute Gasteiger partial charge is 0.314 e. The van der Waals surface area contributed by atoms with Crippen molar-refractivity contribution in [2.45, 2.75) is 45.2 Å². The quantitative estimate of drug-likeness (QED) is 0.192. The van der Waals surface area contributed by atoms with E-state index in [1.807, 2.05) is 11.4 Å². The first-order chi connectivity index (χ1) is 9.10. The van der Waals surface area contributed by atoms with Gasteiger partial charge in [-0.15, -0.1) is 13.2 Å². The molecule has 0 aromatic heterocycles. The monoisotopic (exact) mass is 329 g/mol. The van der Waals surface area contributed by atoms with Crippen LogP contribution in [0.4, 0.5) is 0 Å². The van der Waals surface area contributed by atoms with Crippen molar-refractivity contribution >= 4 is 25.2 Å². The first-order valence-corrected chi connectivity index (χ1v) is 15.3. The van der Waals surface area contributed by atoms with Crippen LogP contribution in [0.2, 0.25) is 38.8 Å². The molecule has 0 aliphatic carbocycles. The minimum absolute atomic E-state index is 0.484. The number of nitrogens with zero attached hydrogens (tertiary/aromatic N) is 3. The van der Waals surface area contributed by atoms with Gasteiger partial charge in [0.2, 0.25) is 0 Å². The van der Waals surface area contributed by atoms with Gasteiger partial charge in [0.1, 0.15) is 0 Å². The lowest BCUT2D eigenvalue weighted by Crippen LogP contribution is -2.53. The van der Waals surface area contributed by atoms with Crippen LogP contribution < -0.4 is 0 Å². The molecule has 0 N–H and O–H groups in total. The highest BCUT2D eigenvalue weighted by Gasteiger charge is 2.40. The van der Waals surface area contributed by atoms with E-state index in [0.29, 0.717) is 6.54 Å². The summed E-state index contributed by atoms with van der Waals surface area (Å²) in [5, 5.41) is 3.58. The number of azide groups is 1. The van der Waals surface area contributed by atoms with Crippen molar-refractivity contribution in [1.82, 2.24) is 0 Å². The maximum Gasteiger partial charge on any atom is 0.314 e. The Morgan fingerprint density at radius 1 is 1.05 bits per heavy atom. The van der Waals surface area contributed by atoms with E-state index in [9.17, 15) is 0 Å². The summed E-state index contributed by atoms with van der Waals surface area (Å²) in [5.41, 5.74) is 12.2. The Morgan fingerprint density at radius 2 is 1.50 bits per heavy atom. The van der Waals surface area contributed by atoms with Crippen molar-refractivity contribution < 1.29 is 8.23 Å². The van der Waals surface area contributed by atoms with Gasteiger partial charge in [-0.3, -0.25) is 0 Å². The average molecular weight is 330 g/mol. The van der Waals surface area contributed by atoms with Gasteiger partial charge in [0.15, 0.2) is 16.6 Å². The van der Waals surface area contributed by atoms with Gasteiger partial charge in [0.25, 0.3) is 0 Å². The molecule has 114 valence electrons. The van der Waals surface area contributed by atoms with Gasteiger partial charge < -0.3 is 8.23 Å². The molecule has 5 nitrogen and oxygen atoms in total. The molecule has 0 aliphatic rings. The highest BCUT2D eigenvalue weighted by atomic mass is 28.5. The first kappa shape index (κ1) is 19.4. The van der Waals surface area contributed by atoms with Crippen molar-refractivity contribution in [3.8, 4) is 0 Å². The van der Waals surface area contributed by atoms with Gasteiger partial charge >= 0.3 is 8.56 Å². The molecule has 0 bridgehead atoms. The van der Waals surface area contributed by atoms with Gasteiger partial charge in [-0.05, 0) is 50.7 Å². The molecule has 8 heteroatoms. The van der Waals surface area contributed by atoms with Crippen LogP contribution >= 0.6 is 0 Å². The lowest BCUT2D eigenvalue weighted by atomic mass is 10.5. The zero-order chi connectivity index (χ0) is 15.9. The number of hydrogen-bond donors (Lipinski definition) is 0. The maximum absolute atomic E-state index is 8.34. The molecule has 0 atom stereocenters. The van der Waals surface area contributed by atoms with Crippen LogP contribution in [0.5, 0.6) is 0 Å². The normalized spacial score (nSPS) is 12.7.